The second kappa shape index (κ2) is 4.64. The Balaban J connectivity index is 2.72. The first-order chi connectivity index (χ1) is 6.20. The molecule has 0 aliphatic heterocycles. The Labute approximate surface area is 80.9 Å². The maximum atomic E-state index is 11.1. The molecule has 0 aromatic rings. The predicted molar refractivity (Wildman–Crippen MR) is 48.9 cm³/mol. The maximum Gasteiger partial charge on any atom is 0.292 e. The fourth-order valence-corrected chi connectivity index (χ4v) is 2.16. The van der Waals surface area contributed by atoms with E-state index in [0.717, 1.165) is 19.3 Å². The van der Waals surface area contributed by atoms with Gasteiger partial charge < -0.3 is 0 Å². The average Bonchev–Trinajstić information content (AvgIpc) is 2.16. The molecule has 6 heteroatoms. The van der Waals surface area contributed by atoms with E-state index in [2.05, 4.69) is 10.6 Å². The van der Waals surface area contributed by atoms with Gasteiger partial charge in [-0.05, 0) is 12.8 Å². The van der Waals surface area contributed by atoms with Crippen LogP contribution in [0.25, 0.3) is 0 Å². The van der Waals surface area contributed by atoms with Crippen molar-refractivity contribution in [3.63, 3.8) is 0 Å². The van der Waals surface area contributed by atoms with E-state index in [1.54, 1.807) is 0 Å². The molecular formula is C7H12ClN3O2. The fourth-order valence-electron chi connectivity index (χ4n) is 1.72. The highest BCUT2D eigenvalue weighted by atomic mass is 35.5. The highest BCUT2D eigenvalue weighted by Gasteiger charge is 2.37. The van der Waals surface area contributed by atoms with Crippen molar-refractivity contribution in [1.29, 1.82) is 0 Å². The number of nitrogens with two attached hydrogens (primary N) is 1. The Hall–Kier alpha value is -0.520. The average molecular weight is 206 g/mol. The molecule has 0 heterocycles. The van der Waals surface area contributed by atoms with Gasteiger partial charge in [-0.25, -0.2) is 0 Å². The summed E-state index contributed by atoms with van der Waals surface area (Å²) in [6, 6.07) is -0.221. The lowest BCUT2D eigenvalue weighted by atomic mass is 9.84. The number of alkyl halides is 1. The van der Waals surface area contributed by atoms with Crippen molar-refractivity contribution < 1.29 is 4.79 Å². The van der Waals surface area contributed by atoms with Gasteiger partial charge in [0.05, 0.1) is 5.92 Å². The van der Waals surface area contributed by atoms with E-state index >= 15 is 0 Å². The molecule has 3 unspecified atom stereocenters. The Morgan fingerprint density at radius 3 is 2.77 bits per heavy atom. The minimum Gasteiger partial charge on any atom is -0.271 e. The Morgan fingerprint density at radius 2 is 2.23 bits per heavy atom. The minimum absolute atomic E-state index is 0.221. The van der Waals surface area contributed by atoms with Crippen LogP contribution in [0.2, 0.25) is 0 Å². The molecule has 1 amide bonds. The number of halogens is 1. The van der Waals surface area contributed by atoms with Gasteiger partial charge in [0, 0.05) is 16.6 Å². The van der Waals surface area contributed by atoms with Crippen LogP contribution in [0.3, 0.4) is 0 Å². The van der Waals surface area contributed by atoms with Crippen molar-refractivity contribution in [2.24, 2.45) is 16.9 Å². The Kier molecular flexibility index (Phi) is 3.77. The number of carbonyl (C=O) groups is 1. The maximum absolute atomic E-state index is 11.1. The van der Waals surface area contributed by atoms with E-state index in [1.165, 1.54) is 0 Å². The largest absolute Gasteiger partial charge is 0.292 e. The van der Waals surface area contributed by atoms with Crippen LogP contribution < -0.4 is 11.3 Å². The molecule has 0 saturated heterocycles. The lowest BCUT2D eigenvalue weighted by Crippen LogP contribution is -2.49. The summed E-state index contributed by atoms with van der Waals surface area (Å²) in [5.41, 5.74) is 2.50. The number of nitroso groups, excluding NO2 is 1. The molecule has 13 heavy (non-hydrogen) atoms. The number of carbonyl (C=O) groups excluding carboxylic acids is 1. The molecule has 3 atom stereocenters. The van der Waals surface area contributed by atoms with Crippen molar-refractivity contribution in [3.05, 3.63) is 4.91 Å². The molecule has 0 radical (unpaired) electrons. The topological polar surface area (TPSA) is 84.5 Å². The second-order valence-electron chi connectivity index (χ2n) is 3.18. The van der Waals surface area contributed by atoms with E-state index in [4.69, 9.17) is 17.4 Å². The van der Waals surface area contributed by atoms with Gasteiger partial charge in [0.1, 0.15) is 0 Å². The summed E-state index contributed by atoms with van der Waals surface area (Å²) in [6.45, 7) is 0. The SMILES string of the molecule is NNC1CCCC(Cl)C1C(=O)N=O. The number of hydrogen-bond acceptors (Lipinski definition) is 4. The first-order valence-corrected chi connectivity index (χ1v) is 4.61. The summed E-state index contributed by atoms with van der Waals surface area (Å²) in [4.78, 5) is 21.2. The van der Waals surface area contributed by atoms with Crippen molar-refractivity contribution in [1.82, 2.24) is 5.43 Å². The fraction of sp³-hybridized carbons (Fsp3) is 0.857. The van der Waals surface area contributed by atoms with Crippen LogP contribution >= 0.6 is 11.6 Å². The van der Waals surface area contributed by atoms with Gasteiger partial charge in [0.2, 0.25) is 0 Å². The first kappa shape index (κ1) is 10.6. The lowest BCUT2D eigenvalue weighted by Gasteiger charge is -2.31. The highest BCUT2D eigenvalue weighted by Crippen LogP contribution is 2.29. The zero-order chi connectivity index (χ0) is 9.84. The van der Waals surface area contributed by atoms with Crippen LogP contribution in [0.5, 0.6) is 0 Å². The van der Waals surface area contributed by atoms with Crippen LogP contribution in [0.1, 0.15) is 19.3 Å². The molecule has 1 saturated carbocycles. The van der Waals surface area contributed by atoms with E-state index in [-0.39, 0.29) is 11.4 Å². The monoisotopic (exact) mass is 205 g/mol. The summed E-state index contributed by atoms with van der Waals surface area (Å²) in [5, 5.41) is 2.06. The molecule has 0 aromatic carbocycles. The Bertz CT molecular complexity index is 212. The smallest absolute Gasteiger partial charge is 0.271 e. The lowest BCUT2D eigenvalue weighted by molar-refractivity contribution is -0.123. The normalized spacial score (nSPS) is 34.2. The molecule has 1 rings (SSSR count). The Morgan fingerprint density at radius 1 is 1.54 bits per heavy atom. The molecule has 0 bridgehead atoms. The summed E-state index contributed by atoms with van der Waals surface area (Å²) >= 11 is 5.91. The summed E-state index contributed by atoms with van der Waals surface area (Å²) in [6.07, 6.45) is 2.39. The molecule has 0 aromatic heterocycles. The van der Waals surface area contributed by atoms with Gasteiger partial charge >= 0.3 is 0 Å². The van der Waals surface area contributed by atoms with E-state index < -0.39 is 11.8 Å². The number of rotatable bonds is 2. The van der Waals surface area contributed by atoms with Gasteiger partial charge in [-0.2, -0.15) is 0 Å². The summed E-state index contributed by atoms with van der Waals surface area (Å²) < 4.78 is 0. The third kappa shape index (κ3) is 2.24. The highest BCUT2D eigenvalue weighted by molar-refractivity contribution is 6.22. The number of nitrogens with one attached hydrogen (secondary N) is 1. The van der Waals surface area contributed by atoms with Gasteiger partial charge in [-0.1, -0.05) is 6.42 Å². The number of hydrogen-bond donors (Lipinski definition) is 2. The number of amides is 1. The van der Waals surface area contributed by atoms with Crippen molar-refractivity contribution in [2.45, 2.75) is 30.7 Å². The molecule has 3 N–H and O–H groups in total. The van der Waals surface area contributed by atoms with Crippen LogP contribution in [0.4, 0.5) is 0 Å². The van der Waals surface area contributed by atoms with Crippen LogP contribution in [0, 0.1) is 10.8 Å². The van der Waals surface area contributed by atoms with Crippen molar-refractivity contribution in [2.75, 3.05) is 0 Å². The summed E-state index contributed by atoms with van der Waals surface area (Å²) in [5.74, 6) is 3.97. The third-order valence-corrected chi connectivity index (χ3v) is 2.90. The van der Waals surface area contributed by atoms with Crippen molar-refractivity contribution >= 4 is 17.5 Å². The molecule has 1 aliphatic carbocycles. The van der Waals surface area contributed by atoms with Crippen LogP contribution in [0.15, 0.2) is 5.18 Å². The second-order valence-corrected chi connectivity index (χ2v) is 3.74. The number of nitrogens with zero attached hydrogens (tertiary/aromatic N) is 1. The molecule has 1 aliphatic rings. The van der Waals surface area contributed by atoms with Crippen molar-refractivity contribution in [3.8, 4) is 0 Å². The molecule has 0 spiro atoms. The molecule has 5 nitrogen and oxygen atoms in total. The van der Waals surface area contributed by atoms with Crippen LogP contribution in [-0.4, -0.2) is 17.3 Å². The number of hydrazine groups is 1. The quantitative estimate of drug-likeness (QED) is 0.298. The standard InChI is InChI=1S/C7H12ClN3O2/c8-4-2-1-3-5(10-9)6(4)7(12)11-13/h4-6,10H,1-3,9H2. The van der Waals surface area contributed by atoms with E-state index in [9.17, 15) is 9.70 Å². The third-order valence-electron chi connectivity index (χ3n) is 2.41. The first-order valence-electron chi connectivity index (χ1n) is 4.18. The van der Waals surface area contributed by atoms with Gasteiger partial charge in [-0.15, -0.1) is 16.5 Å². The van der Waals surface area contributed by atoms with E-state index in [1.807, 2.05) is 0 Å². The minimum atomic E-state index is -0.706. The molecule has 74 valence electrons. The van der Waals surface area contributed by atoms with E-state index in [0.29, 0.717) is 0 Å². The van der Waals surface area contributed by atoms with Gasteiger partial charge in [0.25, 0.3) is 5.91 Å². The molecular weight excluding hydrogens is 194 g/mol. The van der Waals surface area contributed by atoms with Crippen LogP contribution in [-0.2, 0) is 4.79 Å². The van der Waals surface area contributed by atoms with Gasteiger partial charge in [0.15, 0.2) is 0 Å². The summed E-state index contributed by atoms with van der Waals surface area (Å²) in [7, 11) is 0. The molecule has 1 fully saturated rings. The predicted octanol–water partition coefficient (Wildman–Crippen LogP) is 0.519. The van der Waals surface area contributed by atoms with Gasteiger partial charge in [-0.3, -0.25) is 16.1 Å². The zero-order valence-electron chi connectivity index (χ0n) is 7.07. The zero-order valence-corrected chi connectivity index (χ0v) is 7.83.